The summed E-state index contributed by atoms with van der Waals surface area (Å²) in [6, 6.07) is 5.48. The van der Waals surface area contributed by atoms with Gasteiger partial charge in [-0.25, -0.2) is 13.6 Å². The van der Waals surface area contributed by atoms with Crippen molar-refractivity contribution in [3.8, 4) is 5.69 Å². The summed E-state index contributed by atoms with van der Waals surface area (Å²) in [6.45, 7) is 2.33. The van der Waals surface area contributed by atoms with E-state index >= 15 is 0 Å². The molecule has 6 rings (SSSR count). The van der Waals surface area contributed by atoms with Gasteiger partial charge in [0.05, 0.1) is 18.8 Å². The van der Waals surface area contributed by atoms with Crippen LogP contribution in [0.5, 0.6) is 0 Å². The highest BCUT2D eigenvalue weighted by atomic mass is 35.5. The van der Waals surface area contributed by atoms with E-state index < -0.39 is 24.5 Å². The number of benzene rings is 1. The van der Waals surface area contributed by atoms with Gasteiger partial charge in [-0.15, -0.1) is 10.2 Å². The maximum absolute atomic E-state index is 14.1. The molecular weight excluding hydrogens is 480 g/mol. The average molecular weight is 506 g/mol. The van der Waals surface area contributed by atoms with Crippen LogP contribution in [0.3, 0.4) is 0 Å². The molecule has 1 aromatic carbocycles. The molecular formula is C24H26ClF2N5O3. The highest BCUT2D eigenvalue weighted by molar-refractivity contribution is 6.30. The van der Waals surface area contributed by atoms with Crippen LogP contribution < -0.4 is 0 Å². The molecule has 186 valence electrons. The summed E-state index contributed by atoms with van der Waals surface area (Å²) in [7, 11) is 0. The number of fused-ring (bicyclic) bond motifs is 3. The molecule has 1 saturated heterocycles. The number of ether oxygens (including phenoxy) is 1. The predicted molar refractivity (Wildman–Crippen MR) is 122 cm³/mol. The maximum Gasteiger partial charge on any atom is 0.410 e. The Morgan fingerprint density at radius 1 is 1.20 bits per heavy atom. The molecule has 11 heteroatoms. The van der Waals surface area contributed by atoms with Crippen molar-refractivity contribution in [1.29, 1.82) is 0 Å². The zero-order valence-corrected chi connectivity index (χ0v) is 20.1. The molecule has 2 aliphatic heterocycles. The molecule has 0 radical (unpaired) electrons. The standard InChI is InChI=1S/C24H26ClF2N5O3/c1-14(9-26)35-22(34)30-10-15-6-17(25)2-3-18(15)32-19(11-30)28-29-20(32)16-7-23(8-16)12-31(13-23)21(33)24(27)4-5-24/h2-3,6,14,16H,4-5,7-13H2,1H3/t14-/m0/s1. The molecule has 2 aliphatic carbocycles. The summed E-state index contributed by atoms with van der Waals surface area (Å²) in [6.07, 6.45) is 0.899. The van der Waals surface area contributed by atoms with E-state index in [0.717, 1.165) is 29.9 Å². The molecule has 3 heterocycles. The lowest BCUT2D eigenvalue weighted by atomic mass is 9.57. The van der Waals surface area contributed by atoms with Crippen LogP contribution in [0.25, 0.3) is 5.69 Å². The number of hydrogen-bond donors (Lipinski definition) is 0. The molecule has 2 aromatic rings. The Hall–Kier alpha value is -2.75. The van der Waals surface area contributed by atoms with Crippen molar-refractivity contribution in [3.63, 3.8) is 0 Å². The largest absolute Gasteiger partial charge is 0.444 e. The summed E-state index contributed by atoms with van der Waals surface area (Å²) in [5, 5.41) is 9.41. The average Bonchev–Trinajstić information content (AvgIpc) is 3.44. The number of carbonyl (C=O) groups excluding carboxylic acids is 2. The highest BCUT2D eigenvalue weighted by Crippen LogP contribution is 2.57. The number of rotatable bonds is 4. The fourth-order valence-corrected chi connectivity index (χ4v) is 5.83. The third-order valence-corrected chi connectivity index (χ3v) is 7.88. The van der Waals surface area contributed by atoms with Crippen LogP contribution in [0.1, 0.15) is 55.7 Å². The number of aromatic nitrogens is 3. The molecule has 0 N–H and O–H groups in total. The lowest BCUT2D eigenvalue weighted by Crippen LogP contribution is -2.64. The lowest BCUT2D eigenvalue weighted by Gasteiger charge is -2.59. The quantitative estimate of drug-likeness (QED) is 0.629. The van der Waals surface area contributed by atoms with E-state index in [1.807, 2.05) is 10.6 Å². The van der Waals surface area contributed by atoms with Gasteiger partial charge in [0.1, 0.15) is 18.6 Å². The Morgan fingerprint density at radius 2 is 1.94 bits per heavy atom. The topological polar surface area (TPSA) is 80.6 Å². The molecule has 8 nitrogen and oxygen atoms in total. The van der Waals surface area contributed by atoms with Crippen molar-refractivity contribution in [2.75, 3.05) is 19.8 Å². The van der Waals surface area contributed by atoms with Crippen molar-refractivity contribution < 1.29 is 23.1 Å². The summed E-state index contributed by atoms with van der Waals surface area (Å²) in [5.41, 5.74) is 0.0610. The van der Waals surface area contributed by atoms with Crippen LogP contribution in [-0.4, -0.2) is 68.1 Å². The smallest absolute Gasteiger partial charge is 0.410 e. The lowest BCUT2D eigenvalue weighted by molar-refractivity contribution is -0.158. The molecule has 1 atom stereocenters. The van der Waals surface area contributed by atoms with Crippen molar-refractivity contribution >= 4 is 23.6 Å². The van der Waals surface area contributed by atoms with Gasteiger partial charge < -0.3 is 9.64 Å². The normalized spacial score (nSPS) is 22.4. The molecule has 35 heavy (non-hydrogen) atoms. The third-order valence-electron chi connectivity index (χ3n) is 7.64. The minimum absolute atomic E-state index is 0.0177. The van der Waals surface area contributed by atoms with Gasteiger partial charge in [-0.2, -0.15) is 0 Å². The fourth-order valence-electron chi connectivity index (χ4n) is 5.64. The second kappa shape index (κ2) is 7.88. The van der Waals surface area contributed by atoms with E-state index in [0.29, 0.717) is 36.8 Å². The number of amides is 2. The van der Waals surface area contributed by atoms with E-state index in [9.17, 15) is 18.4 Å². The first-order valence-corrected chi connectivity index (χ1v) is 12.3. The van der Waals surface area contributed by atoms with Crippen LogP contribution in [0.15, 0.2) is 18.2 Å². The number of alkyl halides is 2. The summed E-state index contributed by atoms with van der Waals surface area (Å²) < 4.78 is 34.2. The van der Waals surface area contributed by atoms with Crippen LogP contribution in [0.2, 0.25) is 5.02 Å². The first kappa shape index (κ1) is 22.7. The Morgan fingerprint density at radius 3 is 2.63 bits per heavy atom. The number of hydrogen-bond acceptors (Lipinski definition) is 5. The minimum atomic E-state index is -1.62. The van der Waals surface area contributed by atoms with E-state index in [1.165, 1.54) is 11.8 Å². The van der Waals surface area contributed by atoms with E-state index in [4.69, 9.17) is 16.3 Å². The third kappa shape index (κ3) is 3.77. The summed E-state index contributed by atoms with van der Waals surface area (Å²) in [4.78, 5) is 28.1. The zero-order valence-electron chi connectivity index (χ0n) is 19.3. The van der Waals surface area contributed by atoms with Gasteiger partial charge in [-0.05, 0) is 56.4 Å². The number of halogens is 3. The van der Waals surface area contributed by atoms with Crippen LogP contribution in [0.4, 0.5) is 13.6 Å². The van der Waals surface area contributed by atoms with Crippen molar-refractivity contribution in [2.24, 2.45) is 5.41 Å². The number of carbonyl (C=O) groups is 2. The Kier molecular flexibility index (Phi) is 5.11. The minimum Gasteiger partial charge on any atom is -0.444 e. The van der Waals surface area contributed by atoms with Crippen LogP contribution >= 0.6 is 11.6 Å². The second-order valence-corrected chi connectivity index (χ2v) is 11.0. The summed E-state index contributed by atoms with van der Waals surface area (Å²) in [5.74, 6) is 1.17. The second-order valence-electron chi connectivity index (χ2n) is 10.5. The van der Waals surface area contributed by atoms with Crippen molar-refractivity contribution in [1.82, 2.24) is 24.6 Å². The van der Waals surface area contributed by atoms with Crippen LogP contribution in [-0.2, 0) is 22.6 Å². The van der Waals surface area contributed by atoms with Gasteiger partial charge in [0.15, 0.2) is 11.5 Å². The molecule has 0 bridgehead atoms. The first-order chi connectivity index (χ1) is 16.7. The molecule has 1 spiro atoms. The SMILES string of the molecule is C[C@@H](CF)OC(=O)N1Cc2cc(Cl)ccc2-n2c(nnc2C2CC3(C2)CN(C(=O)C2(F)CC2)C3)C1. The molecule has 0 unspecified atom stereocenters. The predicted octanol–water partition coefficient (Wildman–Crippen LogP) is 3.94. The van der Waals surface area contributed by atoms with Gasteiger partial charge in [0, 0.05) is 29.4 Å². The molecule has 4 aliphatic rings. The fraction of sp³-hybridized carbons (Fsp3) is 0.583. The van der Waals surface area contributed by atoms with Crippen molar-refractivity contribution in [2.45, 2.75) is 63.4 Å². The number of likely N-dealkylation sites (tertiary alicyclic amines) is 1. The molecule has 1 aromatic heterocycles. The van der Waals surface area contributed by atoms with Crippen LogP contribution in [0, 0.1) is 5.41 Å². The van der Waals surface area contributed by atoms with Gasteiger partial charge in [0.2, 0.25) is 0 Å². The van der Waals surface area contributed by atoms with Gasteiger partial charge in [-0.3, -0.25) is 14.3 Å². The molecule has 2 saturated carbocycles. The first-order valence-electron chi connectivity index (χ1n) is 11.9. The van der Waals surface area contributed by atoms with E-state index in [-0.39, 0.29) is 30.3 Å². The van der Waals surface area contributed by atoms with E-state index in [1.54, 1.807) is 17.0 Å². The Balaban J connectivity index is 1.23. The van der Waals surface area contributed by atoms with E-state index in [2.05, 4.69) is 10.2 Å². The summed E-state index contributed by atoms with van der Waals surface area (Å²) >= 11 is 6.26. The zero-order chi connectivity index (χ0) is 24.5. The van der Waals surface area contributed by atoms with Gasteiger partial charge >= 0.3 is 6.09 Å². The Bertz CT molecular complexity index is 1200. The van der Waals surface area contributed by atoms with Crippen molar-refractivity contribution in [3.05, 3.63) is 40.4 Å². The molecule has 2 amide bonds. The molecule has 3 fully saturated rings. The highest BCUT2D eigenvalue weighted by Gasteiger charge is 2.60. The Labute approximate surface area is 206 Å². The monoisotopic (exact) mass is 505 g/mol. The van der Waals surface area contributed by atoms with Gasteiger partial charge in [-0.1, -0.05) is 11.6 Å². The number of nitrogens with zero attached hydrogens (tertiary/aromatic N) is 5. The maximum atomic E-state index is 14.1. The van der Waals surface area contributed by atoms with Gasteiger partial charge in [0.25, 0.3) is 5.91 Å².